The number of hydrogen-bond donors (Lipinski definition) is 2. The van der Waals surface area contributed by atoms with Gasteiger partial charge in [-0.2, -0.15) is 0 Å². The van der Waals surface area contributed by atoms with Crippen molar-refractivity contribution in [3.63, 3.8) is 0 Å². The van der Waals surface area contributed by atoms with Gasteiger partial charge in [0.1, 0.15) is 0 Å². The Labute approximate surface area is 162 Å². The van der Waals surface area contributed by atoms with Crippen LogP contribution in [0.15, 0.2) is 24.3 Å². The molecule has 2 aliphatic heterocycles. The van der Waals surface area contributed by atoms with E-state index in [0.29, 0.717) is 23.6 Å². The lowest BCUT2D eigenvalue weighted by atomic mass is 9.93. The molecule has 3 rings (SSSR count). The van der Waals surface area contributed by atoms with Gasteiger partial charge in [-0.05, 0) is 69.7 Å². The number of likely N-dealkylation sites (tertiary alicyclic amines) is 1. The lowest BCUT2D eigenvalue weighted by molar-refractivity contribution is -0.116. The number of anilines is 1. The summed E-state index contributed by atoms with van der Waals surface area (Å²) in [5.41, 5.74) is 1.26. The highest BCUT2D eigenvalue weighted by Crippen LogP contribution is 2.22. The van der Waals surface area contributed by atoms with Crippen LogP contribution in [-0.4, -0.2) is 42.9 Å². The number of carbonyl (C=O) groups excluding carboxylic acids is 2. The highest BCUT2D eigenvalue weighted by atomic mass is 35.5. The van der Waals surface area contributed by atoms with Gasteiger partial charge in [0.05, 0.1) is 11.3 Å². The molecule has 2 amide bonds. The molecule has 0 spiro atoms. The molecule has 26 heavy (non-hydrogen) atoms. The zero-order valence-corrected chi connectivity index (χ0v) is 16.2. The summed E-state index contributed by atoms with van der Waals surface area (Å²) >= 11 is 0. The van der Waals surface area contributed by atoms with Gasteiger partial charge in [-0.1, -0.05) is 12.1 Å². The number of nitrogens with zero attached hydrogens (tertiary/aromatic N) is 1. The summed E-state index contributed by atoms with van der Waals surface area (Å²) in [5.74, 6) is 0.684. The second kappa shape index (κ2) is 10.5. The Morgan fingerprint density at radius 3 is 2.50 bits per heavy atom. The molecule has 0 saturated carbocycles. The zero-order valence-electron chi connectivity index (χ0n) is 15.3. The molecule has 2 saturated heterocycles. The summed E-state index contributed by atoms with van der Waals surface area (Å²) in [5, 5.41) is 6.32. The van der Waals surface area contributed by atoms with E-state index in [1.165, 1.54) is 6.42 Å². The van der Waals surface area contributed by atoms with Gasteiger partial charge in [0.2, 0.25) is 5.91 Å². The standard InChI is InChI=1S/C20H29N3O2.ClH/c24-19(9-8-16-10-12-21-13-11-16)22-18-7-3-2-6-17(18)20(25)23-14-4-1-5-15-23;/h2-3,6-7,16,21H,1,4-5,8-15H2,(H,22,24);1H. The minimum atomic E-state index is 0. The maximum atomic E-state index is 12.8. The third-order valence-electron chi connectivity index (χ3n) is 5.31. The van der Waals surface area contributed by atoms with Crippen molar-refractivity contribution in [2.45, 2.75) is 44.9 Å². The molecule has 2 fully saturated rings. The summed E-state index contributed by atoms with van der Waals surface area (Å²) in [6.45, 7) is 3.74. The van der Waals surface area contributed by atoms with Crippen molar-refractivity contribution in [3.05, 3.63) is 29.8 Å². The smallest absolute Gasteiger partial charge is 0.255 e. The van der Waals surface area contributed by atoms with E-state index in [1.807, 2.05) is 29.2 Å². The molecule has 0 aromatic heterocycles. The molecule has 5 nitrogen and oxygen atoms in total. The van der Waals surface area contributed by atoms with Gasteiger partial charge < -0.3 is 15.5 Å². The maximum absolute atomic E-state index is 12.8. The molecule has 0 atom stereocenters. The molecule has 0 aliphatic carbocycles. The molecule has 2 heterocycles. The van der Waals surface area contributed by atoms with Crippen LogP contribution in [0, 0.1) is 5.92 Å². The molecule has 2 aliphatic rings. The summed E-state index contributed by atoms with van der Waals surface area (Å²) in [6, 6.07) is 7.39. The van der Waals surface area contributed by atoms with E-state index in [0.717, 1.165) is 58.3 Å². The Hall–Kier alpha value is -1.59. The first-order valence-corrected chi connectivity index (χ1v) is 9.63. The Bertz CT molecular complexity index is 596. The molecular weight excluding hydrogens is 350 g/mol. The van der Waals surface area contributed by atoms with E-state index in [2.05, 4.69) is 10.6 Å². The number of halogens is 1. The number of rotatable bonds is 5. The highest BCUT2D eigenvalue weighted by Gasteiger charge is 2.21. The SMILES string of the molecule is Cl.O=C(CCC1CCNCC1)Nc1ccccc1C(=O)N1CCCCC1. The van der Waals surface area contributed by atoms with Crippen LogP contribution in [0.25, 0.3) is 0 Å². The first kappa shape index (κ1) is 20.7. The van der Waals surface area contributed by atoms with Gasteiger partial charge in [0.15, 0.2) is 0 Å². The largest absolute Gasteiger partial charge is 0.339 e. The summed E-state index contributed by atoms with van der Waals surface area (Å²) < 4.78 is 0. The molecule has 0 radical (unpaired) electrons. The van der Waals surface area contributed by atoms with Gasteiger partial charge in [-0.25, -0.2) is 0 Å². The molecule has 144 valence electrons. The third-order valence-corrected chi connectivity index (χ3v) is 5.31. The predicted molar refractivity (Wildman–Crippen MR) is 107 cm³/mol. The van der Waals surface area contributed by atoms with Crippen LogP contribution >= 0.6 is 12.4 Å². The summed E-state index contributed by atoms with van der Waals surface area (Å²) in [6.07, 6.45) is 7.08. The Balaban J connectivity index is 0.00000243. The first-order chi connectivity index (χ1) is 12.2. The first-order valence-electron chi connectivity index (χ1n) is 9.63. The fraction of sp³-hybridized carbons (Fsp3) is 0.600. The highest BCUT2D eigenvalue weighted by molar-refractivity contribution is 6.03. The number of hydrogen-bond acceptors (Lipinski definition) is 3. The summed E-state index contributed by atoms with van der Waals surface area (Å²) in [4.78, 5) is 27.0. The van der Waals surface area contributed by atoms with Crippen LogP contribution in [0.1, 0.15) is 55.3 Å². The van der Waals surface area contributed by atoms with Gasteiger partial charge in [0, 0.05) is 19.5 Å². The van der Waals surface area contributed by atoms with E-state index < -0.39 is 0 Å². The molecule has 6 heteroatoms. The van der Waals surface area contributed by atoms with Gasteiger partial charge in [-0.15, -0.1) is 12.4 Å². The number of nitrogens with one attached hydrogen (secondary N) is 2. The molecule has 1 aromatic carbocycles. The van der Waals surface area contributed by atoms with Crippen molar-refractivity contribution in [1.29, 1.82) is 0 Å². The zero-order chi connectivity index (χ0) is 17.5. The number of amides is 2. The molecule has 2 N–H and O–H groups in total. The molecule has 0 bridgehead atoms. The van der Waals surface area contributed by atoms with Crippen LogP contribution < -0.4 is 10.6 Å². The van der Waals surface area contributed by atoms with Crippen molar-refractivity contribution in [1.82, 2.24) is 10.2 Å². The quantitative estimate of drug-likeness (QED) is 0.823. The Kier molecular flexibility index (Phi) is 8.39. The molecule has 0 unspecified atom stereocenters. The fourth-order valence-electron chi connectivity index (χ4n) is 3.76. The van der Waals surface area contributed by atoms with E-state index >= 15 is 0 Å². The minimum absolute atomic E-state index is 0. The number of benzene rings is 1. The van der Waals surface area contributed by atoms with E-state index in [4.69, 9.17) is 0 Å². The van der Waals surface area contributed by atoms with Crippen molar-refractivity contribution < 1.29 is 9.59 Å². The van der Waals surface area contributed by atoms with Crippen LogP contribution in [0.4, 0.5) is 5.69 Å². The van der Waals surface area contributed by atoms with Crippen LogP contribution in [0.2, 0.25) is 0 Å². The van der Waals surface area contributed by atoms with Crippen molar-refractivity contribution in [3.8, 4) is 0 Å². The second-order valence-corrected chi connectivity index (χ2v) is 7.18. The lowest BCUT2D eigenvalue weighted by Crippen LogP contribution is -2.36. The van der Waals surface area contributed by atoms with Gasteiger partial charge in [-0.3, -0.25) is 9.59 Å². The van der Waals surface area contributed by atoms with E-state index in [1.54, 1.807) is 0 Å². The van der Waals surface area contributed by atoms with Crippen LogP contribution in [0.5, 0.6) is 0 Å². The Morgan fingerprint density at radius 2 is 1.77 bits per heavy atom. The van der Waals surface area contributed by atoms with E-state index in [-0.39, 0.29) is 24.2 Å². The monoisotopic (exact) mass is 379 g/mol. The fourth-order valence-corrected chi connectivity index (χ4v) is 3.76. The lowest BCUT2D eigenvalue weighted by Gasteiger charge is -2.27. The average Bonchev–Trinajstić information content (AvgIpc) is 2.68. The van der Waals surface area contributed by atoms with E-state index in [9.17, 15) is 9.59 Å². The van der Waals surface area contributed by atoms with Crippen LogP contribution in [-0.2, 0) is 4.79 Å². The Morgan fingerprint density at radius 1 is 1.08 bits per heavy atom. The average molecular weight is 380 g/mol. The third kappa shape index (κ3) is 5.71. The van der Waals surface area contributed by atoms with Gasteiger partial charge >= 0.3 is 0 Å². The normalized spacial score (nSPS) is 18.1. The maximum Gasteiger partial charge on any atom is 0.255 e. The topological polar surface area (TPSA) is 61.4 Å². The number of piperidine rings is 2. The van der Waals surface area contributed by atoms with Gasteiger partial charge in [0.25, 0.3) is 5.91 Å². The van der Waals surface area contributed by atoms with Crippen molar-refractivity contribution in [2.75, 3.05) is 31.5 Å². The van der Waals surface area contributed by atoms with Crippen molar-refractivity contribution in [2.24, 2.45) is 5.92 Å². The second-order valence-electron chi connectivity index (χ2n) is 7.18. The predicted octanol–water partition coefficient (Wildman–Crippen LogP) is 3.45. The number of carbonyl (C=O) groups is 2. The van der Waals surface area contributed by atoms with Crippen LogP contribution in [0.3, 0.4) is 0 Å². The minimum Gasteiger partial charge on any atom is -0.339 e. The molecular formula is C20H30ClN3O2. The van der Waals surface area contributed by atoms with Crippen molar-refractivity contribution >= 4 is 29.9 Å². The summed E-state index contributed by atoms with van der Waals surface area (Å²) in [7, 11) is 0. The number of para-hydroxylation sites is 1. The molecule has 1 aromatic rings.